The van der Waals surface area contributed by atoms with Crippen molar-refractivity contribution in [3.05, 3.63) is 29.3 Å². The number of nitrogens with zero attached hydrogens (tertiary/aromatic N) is 2. The van der Waals surface area contributed by atoms with Crippen LogP contribution in [0.1, 0.15) is 19.4 Å². The summed E-state index contributed by atoms with van der Waals surface area (Å²) in [5, 5.41) is 2.91. The normalized spacial score (nSPS) is 11.5. The lowest BCUT2D eigenvalue weighted by molar-refractivity contribution is 0.406. The SMILES string of the molecule is CNCc1cc(F)c(N(CCN(C)C)CC(C)C)c(F)c1. The fourth-order valence-corrected chi connectivity index (χ4v) is 2.28. The van der Waals surface area contributed by atoms with E-state index < -0.39 is 11.6 Å². The van der Waals surface area contributed by atoms with Crippen molar-refractivity contribution in [3.63, 3.8) is 0 Å². The number of rotatable bonds is 8. The second kappa shape index (κ2) is 8.29. The molecule has 0 saturated carbocycles. The fourth-order valence-electron chi connectivity index (χ4n) is 2.28. The summed E-state index contributed by atoms with van der Waals surface area (Å²) < 4.78 is 28.7. The highest BCUT2D eigenvalue weighted by Gasteiger charge is 2.19. The van der Waals surface area contributed by atoms with Crippen LogP contribution in [0.5, 0.6) is 0 Å². The summed E-state index contributed by atoms with van der Waals surface area (Å²) in [5.41, 5.74) is 0.707. The Bertz CT molecular complexity index is 424. The van der Waals surface area contributed by atoms with Crippen LogP contribution in [-0.4, -0.2) is 45.7 Å². The van der Waals surface area contributed by atoms with E-state index in [2.05, 4.69) is 5.32 Å². The molecular formula is C16H27F2N3. The zero-order chi connectivity index (χ0) is 16.0. The van der Waals surface area contributed by atoms with Crippen molar-refractivity contribution in [1.82, 2.24) is 10.2 Å². The van der Waals surface area contributed by atoms with Gasteiger partial charge in [-0.2, -0.15) is 0 Å². The van der Waals surface area contributed by atoms with E-state index in [1.807, 2.05) is 32.8 Å². The van der Waals surface area contributed by atoms with Crippen LogP contribution >= 0.6 is 0 Å². The fraction of sp³-hybridized carbons (Fsp3) is 0.625. The molecule has 0 spiro atoms. The van der Waals surface area contributed by atoms with Crippen molar-refractivity contribution < 1.29 is 8.78 Å². The molecule has 0 amide bonds. The van der Waals surface area contributed by atoms with Crippen LogP contribution in [0.15, 0.2) is 12.1 Å². The molecule has 0 atom stereocenters. The first-order valence-corrected chi connectivity index (χ1v) is 7.37. The number of hydrogen-bond donors (Lipinski definition) is 1. The Morgan fingerprint density at radius 3 is 2.10 bits per heavy atom. The predicted octanol–water partition coefficient (Wildman–Crippen LogP) is 2.71. The Kier molecular flexibility index (Phi) is 7.05. The maximum atomic E-state index is 14.3. The molecule has 0 heterocycles. The minimum absolute atomic E-state index is 0.0883. The van der Waals surface area contributed by atoms with Gasteiger partial charge in [0.25, 0.3) is 0 Å². The summed E-state index contributed by atoms with van der Waals surface area (Å²) in [4.78, 5) is 3.82. The molecule has 1 aromatic carbocycles. The van der Waals surface area contributed by atoms with Crippen molar-refractivity contribution >= 4 is 5.69 Å². The van der Waals surface area contributed by atoms with Crippen LogP contribution in [0.4, 0.5) is 14.5 Å². The molecule has 0 radical (unpaired) electrons. The van der Waals surface area contributed by atoms with E-state index >= 15 is 0 Å². The van der Waals surface area contributed by atoms with Gasteiger partial charge in [-0.15, -0.1) is 0 Å². The van der Waals surface area contributed by atoms with Crippen LogP contribution in [0.3, 0.4) is 0 Å². The molecule has 1 aromatic rings. The Morgan fingerprint density at radius 1 is 1.10 bits per heavy atom. The van der Waals surface area contributed by atoms with Gasteiger partial charge in [-0.3, -0.25) is 0 Å². The van der Waals surface area contributed by atoms with Crippen LogP contribution in [0.2, 0.25) is 0 Å². The van der Waals surface area contributed by atoms with E-state index in [4.69, 9.17) is 0 Å². The molecule has 0 aromatic heterocycles. The van der Waals surface area contributed by atoms with Gasteiger partial charge in [0.2, 0.25) is 0 Å². The second-order valence-electron chi connectivity index (χ2n) is 6.08. The molecule has 0 aliphatic carbocycles. The number of likely N-dealkylation sites (N-methyl/N-ethyl adjacent to an activating group) is 1. The van der Waals surface area contributed by atoms with Gasteiger partial charge in [-0.25, -0.2) is 8.78 Å². The van der Waals surface area contributed by atoms with E-state index in [0.717, 1.165) is 6.54 Å². The number of hydrogen-bond acceptors (Lipinski definition) is 3. The Hall–Kier alpha value is -1.20. The van der Waals surface area contributed by atoms with Gasteiger partial charge < -0.3 is 15.1 Å². The molecule has 120 valence electrons. The molecule has 0 fully saturated rings. The third-order valence-corrected chi connectivity index (χ3v) is 3.18. The average molecular weight is 299 g/mol. The smallest absolute Gasteiger partial charge is 0.149 e. The van der Waals surface area contributed by atoms with Crippen molar-refractivity contribution in [2.75, 3.05) is 45.7 Å². The summed E-state index contributed by atoms with van der Waals surface area (Å²) in [5.74, 6) is -0.637. The number of nitrogens with one attached hydrogen (secondary N) is 1. The first-order chi connectivity index (χ1) is 9.85. The highest BCUT2D eigenvalue weighted by atomic mass is 19.1. The zero-order valence-electron chi connectivity index (χ0n) is 13.7. The maximum absolute atomic E-state index is 14.3. The van der Waals surface area contributed by atoms with E-state index in [0.29, 0.717) is 31.1 Å². The zero-order valence-corrected chi connectivity index (χ0v) is 13.7. The Morgan fingerprint density at radius 2 is 1.67 bits per heavy atom. The largest absolute Gasteiger partial charge is 0.365 e. The molecule has 0 aliphatic rings. The van der Waals surface area contributed by atoms with Crippen LogP contribution in [0, 0.1) is 17.6 Å². The molecule has 0 aliphatic heterocycles. The third-order valence-electron chi connectivity index (χ3n) is 3.18. The molecule has 1 rings (SSSR count). The lowest BCUT2D eigenvalue weighted by atomic mass is 10.1. The first-order valence-electron chi connectivity index (χ1n) is 7.37. The number of halogens is 2. The maximum Gasteiger partial charge on any atom is 0.149 e. The molecular weight excluding hydrogens is 272 g/mol. The molecule has 1 N–H and O–H groups in total. The van der Waals surface area contributed by atoms with Gasteiger partial charge in [-0.05, 0) is 44.8 Å². The summed E-state index contributed by atoms with van der Waals surface area (Å²) in [6.07, 6.45) is 0. The van der Waals surface area contributed by atoms with E-state index in [1.54, 1.807) is 11.9 Å². The standard InChI is InChI=1S/C16H27F2N3/c1-12(2)11-21(7-6-20(4)5)16-14(17)8-13(10-19-3)9-15(16)18/h8-9,12,19H,6-7,10-11H2,1-5H3. The highest BCUT2D eigenvalue weighted by molar-refractivity contribution is 5.51. The minimum Gasteiger partial charge on any atom is -0.365 e. The lowest BCUT2D eigenvalue weighted by Gasteiger charge is -2.29. The third kappa shape index (κ3) is 5.59. The summed E-state index contributed by atoms with van der Waals surface area (Å²) in [6.45, 7) is 6.54. The quantitative estimate of drug-likeness (QED) is 0.796. The monoisotopic (exact) mass is 299 g/mol. The topological polar surface area (TPSA) is 18.5 Å². The van der Waals surface area contributed by atoms with Gasteiger partial charge in [0, 0.05) is 26.2 Å². The van der Waals surface area contributed by atoms with E-state index in [-0.39, 0.29) is 5.69 Å². The molecule has 0 bridgehead atoms. The lowest BCUT2D eigenvalue weighted by Crippen LogP contribution is -2.35. The summed E-state index contributed by atoms with van der Waals surface area (Å²) in [7, 11) is 5.67. The average Bonchev–Trinajstić information content (AvgIpc) is 2.34. The molecule has 0 unspecified atom stereocenters. The predicted molar refractivity (Wildman–Crippen MR) is 84.7 cm³/mol. The van der Waals surface area contributed by atoms with Crippen molar-refractivity contribution in [2.45, 2.75) is 20.4 Å². The van der Waals surface area contributed by atoms with Gasteiger partial charge in [0.15, 0.2) is 0 Å². The molecule has 0 saturated heterocycles. The van der Waals surface area contributed by atoms with Crippen molar-refractivity contribution in [2.24, 2.45) is 5.92 Å². The van der Waals surface area contributed by atoms with Crippen LogP contribution in [-0.2, 0) is 6.54 Å². The Labute approximate surface area is 126 Å². The number of anilines is 1. The van der Waals surface area contributed by atoms with Crippen molar-refractivity contribution in [3.8, 4) is 0 Å². The molecule has 5 heteroatoms. The van der Waals surface area contributed by atoms with Gasteiger partial charge in [0.1, 0.15) is 17.3 Å². The van der Waals surface area contributed by atoms with E-state index in [9.17, 15) is 8.78 Å². The van der Waals surface area contributed by atoms with Crippen LogP contribution < -0.4 is 10.2 Å². The van der Waals surface area contributed by atoms with Gasteiger partial charge >= 0.3 is 0 Å². The molecule has 3 nitrogen and oxygen atoms in total. The van der Waals surface area contributed by atoms with Gasteiger partial charge in [0.05, 0.1) is 0 Å². The van der Waals surface area contributed by atoms with Crippen molar-refractivity contribution in [1.29, 1.82) is 0 Å². The van der Waals surface area contributed by atoms with E-state index in [1.165, 1.54) is 12.1 Å². The molecule has 21 heavy (non-hydrogen) atoms. The summed E-state index contributed by atoms with van der Waals surface area (Å²) in [6, 6.07) is 2.83. The van der Waals surface area contributed by atoms with Gasteiger partial charge in [-0.1, -0.05) is 13.8 Å². The first kappa shape index (κ1) is 17.9. The Balaban J connectivity index is 3.05. The number of benzene rings is 1. The van der Waals surface area contributed by atoms with Crippen LogP contribution in [0.25, 0.3) is 0 Å². The summed E-state index contributed by atoms with van der Waals surface area (Å²) >= 11 is 0. The second-order valence-corrected chi connectivity index (χ2v) is 6.08. The highest BCUT2D eigenvalue weighted by Crippen LogP contribution is 2.26. The minimum atomic E-state index is -0.486.